The minimum Gasteiger partial charge on any atom is -0.305 e. The standard InChI is InChI=1S/C10H7ClF4N2O2/c11-4-8(18)17-9(19)16-7-3-5(10(13,14)15)1-2-6(7)12/h1-3H,4H2,(H2,16,17,18,19). The van der Waals surface area contributed by atoms with Crippen molar-refractivity contribution in [1.82, 2.24) is 5.32 Å². The summed E-state index contributed by atoms with van der Waals surface area (Å²) >= 11 is 5.10. The van der Waals surface area contributed by atoms with Crippen molar-refractivity contribution in [2.75, 3.05) is 11.2 Å². The maximum atomic E-state index is 13.2. The van der Waals surface area contributed by atoms with E-state index in [0.29, 0.717) is 18.2 Å². The predicted molar refractivity (Wildman–Crippen MR) is 59.3 cm³/mol. The Hall–Kier alpha value is -1.83. The Balaban J connectivity index is 2.89. The van der Waals surface area contributed by atoms with Gasteiger partial charge in [-0.3, -0.25) is 10.1 Å². The molecule has 1 aromatic carbocycles. The molecule has 4 nitrogen and oxygen atoms in total. The summed E-state index contributed by atoms with van der Waals surface area (Å²) in [7, 11) is 0. The summed E-state index contributed by atoms with van der Waals surface area (Å²) in [5.41, 5.74) is -1.83. The van der Waals surface area contributed by atoms with E-state index in [1.165, 1.54) is 0 Å². The molecule has 0 unspecified atom stereocenters. The molecule has 0 saturated heterocycles. The summed E-state index contributed by atoms with van der Waals surface area (Å²) in [5.74, 6) is -2.45. The lowest BCUT2D eigenvalue weighted by molar-refractivity contribution is -0.137. The lowest BCUT2D eigenvalue weighted by Crippen LogP contribution is -2.35. The highest BCUT2D eigenvalue weighted by Crippen LogP contribution is 2.31. The van der Waals surface area contributed by atoms with Gasteiger partial charge in [0.2, 0.25) is 5.91 Å². The third-order valence-electron chi connectivity index (χ3n) is 1.92. The van der Waals surface area contributed by atoms with Gasteiger partial charge in [-0.05, 0) is 18.2 Å². The minimum atomic E-state index is -4.67. The number of carbonyl (C=O) groups is 2. The number of imide groups is 1. The smallest absolute Gasteiger partial charge is 0.305 e. The largest absolute Gasteiger partial charge is 0.416 e. The summed E-state index contributed by atoms with van der Waals surface area (Å²) in [4.78, 5) is 21.9. The van der Waals surface area contributed by atoms with Crippen molar-refractivity contribution >= 4 is 29.2 Å². The minimum absolute atomic E-state index is 0.417. The molecule has 0 spiro atoms. The van der Waals surface area contributed by atoms with Crippen molar-refractivity contribution in [3.63, 3.8) is 0 Å². The molecular weight excluding hydrogens is 292 g/mol. The van der Waals surface area contributed by atoms with Crippen LogP contribution in [0.5, 0.6) is 0 Å². The number of hydrogen-bond acceptors (Lipinski definition) is 2. The molecule has 3 amide bonds. The van der Waals surface area contributed by atoms with Crippen LogP contribution >= 0.6 is 11.6 Å². The van der Waals surface area contributed by atoms with Crippen LogP contribution in [0.25, 0.3) is 0 Å². The van der Waals surface area contributed by atoms with Crippen LogP contribution < -0.4 is 10.6 Å². The van der Waals surface area contributed by atoms with Crippen LogP contribution in [0.3, 0.4) is 0 Å². The summed E-state index contributed by atoms with van der Waals surface area (Å²) in [6.45, 7) is 0. The average molecular weight is 299 g/mol. The molecule has 19 heavy (non-hydrogen) atoms. The fourth-order valence-corrected chi connectivity index (χ4v) is 1.18. The normalized spacial score (nSPS) is 11.0. The first-order valence-corrected chi connectivity index (χ1v) is 5.31. The highest BCUT2D eigenvalue weighted by atomic mass is 35.5. The maximum Gasteiger partial charge on any atom is 0.416 e. The van der Waals surface area contributed by atoms with Crippen molar-refractivity contribution in [3.05, 3.63) is 29.6 Å². The number of hydrogen-bond donors (Lipinski definition) is 2. The van der Waals surface area contributed by atoms with Gasteiger partial charge in [0.05, 0.1) is 11.3 Å². The number of nitrogens with one attached hydrogen (secondary N) is 2. The van der Waals surface area contributed by atoms with Crippen molar-refractivity contribution in [2.45, 2.75) is 6.18 Å². The number of carbonyl (C=O) groups excluding carboxylic acids is 2. The van der Waals surface area contributed by atoms with Gasteiger partial charge < -0.3 is 5.32 Å². The Morgan fingerprint density at radius 3 is 2.42 bits per heavy atom. The molecule has 0 fully saturated rings. The summed E-state index contributed by atoms with van der Waals surface area (Å²) < 4.78 is 50.4. The van der Waals surface area contributed by atoms with Crippen LogP contribution in [-0.4, -0.2) is 17.8 Å². The summed E-state index contributed by atoms with van der Waals surface area (Å²) in [5, 5.41) is 3.48. The number of rotatable bonds is 2. The molecular formula is C10H7ClF4N2O2. The van der Waals surface area contributed by atoms with Gasteiger partial charge >= 0.3 is 12.2 Å². The number of amides is 3. The van der Waals surface area contributed by atoms with Crippen molar-refractivity contribution in [1.29, 1.82) is 0 Å². The molecule has 0 aromatic heterocycles. The number of urea groups is 1. The Kier molecular flexibility index (Phi) is 4.71. The Bertz CT molecular complexity index is 505. The highest BCUT2D eigenvalue weighted by Gasteiger charge is 2.31. The molecule has 0 bridgehead atoms. The highest BCUT2D eigenvalue weighted by molar-refractivity contribution is 6.28. The predicted octanol–water partition coefficient (Wildman–Crippen LogP) is 2.73. The lowest BCUT2D eigenvalue weighted by Gasteiger charge is -2.11. The zero-order valence-electron chi connectivity index (χ0n) is 9.15. The SMILES string of the molecule is O=C(CCl)NC(=O)Nc1cc(C(F)(F)F)ccc1F. The monoisotopic (exact) mass is 298 g/mol. The molecule has 0 aliphatic rings. The first kappa shape index (κ1) is 15.2. The Labute approximate surface area is 109 Å². The number of alkyl halides is 4. The molecule has 2 N–H and O–H groups in total. The molecule has 0 atom stereocenters. The molecule has 0 radical (unpaired) electrons. The van der Waals surface area contributed by atoms with Crippen LogP contribution in [0, 0.1) is 5.82 Å². The van der Waals surface area contributed by atoms with Gasteiger partial charge in [0.15, 0.2) is 0 Å². The van der Waals surface area contributed by atoms with Gasteiger partial charge in [0.1, 0.15) is 11.7 Å². The van der Waals surface area contributed by atoms with Gasteiger partial charge in [0, 0.05) is 0 Å². The zero-order chi connectivity index (χ0) is 14.6. The maximum absolute atomic E-state index is 13.2. The van der Waals surface area contributed by atoms with Crippen LogP contribution in [0.1, 0.15) is 5.56 Å². The van der Waals surface area contributed by atoms with Crippen molar-refractivity contribution in [2.24, 2.45) is 0 Å². The average Bonchev–Trinajstić information content (AvgIpc) is 2.30. The Morgan fingerprint density at radius 1 is 1.26 bits per heavy atom. The zero-order valence-corrected chi connectivity index (χ0v) is 9.90. The van der Waals surface area contributed by atoms with E-state index in [-0.39, 0.29) is 0 Å². The van der Waals surface area contributed by atoms with Gasteiger partial charge in [-0.1, -0.05) is 0 Å². The van der Waals surface area contributed by atoms with Crippen LogP contribution in [0.15, 0.2) is 18.2 Å². The van der Waals surface area contributed by atoms with Gasteiger partial charge in [0.25, 0.3) is 0 Å². The van der Waals surface area contributed by atoms with E-state index in [1.54, 1.807) is 10.6 Å². The third-order valence-corrected chi connectivity index (χ3v) is 2.16. The van der Waals surface area contributed by atoms with E-state index in [9.17, 15) is 27.2 Å². The van der Waals surface area contributed by atoms with E-state index >= 15 is 0 Å². The second-order valence-electron chi connectivity index (χ2n) is 3.33. The quantitative estimate of drug-likeness (QED) is 0.651. The van der Waals surface area contributed by atoms with Gasteiger partial charge in [-0.25, -0.2) is 9.18 Å². The van der Waals surface area contributed by atoms with Crippen LogP contribution in [0.4, 0.5) is 28.0 Å². The molecule has 0 heterocycles. The van der Waals surface area contributed by atoms with Gasteiger partial charge in [-0.2, -0.15) is 13.2 Å². The summed E-state index contributed by atoms with van der Waals surface area (Å²) in [6, 6.07) is 0.327. The molecule has 1 aromatic rings. The Morgan fingerprint density at radius 2 is 1.89 bits per heavy atom. The summed E-state index contributed by atoms with van der Waals surface area (Å²) in [6.07, 6.45) is -4.67. The first-order valence-electron chi connectivity index (χ1n) is 4.77. The molecule has 104 valence electrons. The second-order valence-corrected chi connectivity index (χ2v) is 3.60. The van der Waals surface area contributed by atoms with E-state index in [2.05, 4.69) is 0 Å². The molecule has 0 saturated carbocycles. The van der Waals surface area contributed by atoms with Crippen LogP contribution in [0.2, 0.25) is 0 Å². The number of benzene rings is 1. The number of halogens is 5. The fraction of sp³-hybridized carbons (Fsp3) is 0.200. The molecule has 0 aliphatic carbocycles. The van der Waals surface area contributed by atoms with E-state index in [1.807, 2.05) is 0 Å². The first-order chi connectivity index (χ1) is 8.74. The number of anilines is 1. The lowest BCUT2D eigenvalue weighted by atomic mass is 10.2. The van der Waals surface area contributed by atoms with Crippen molar-refractivity contribution < 1.29 is 27.2 Å². The van der Waals surface area contributed by atoms with E-state index < -0.39 is 41.1 Å². The van der Waals surface area contributed by atoms with E-state index in [4.69, 9.17) is 11.6 Å². The fourth-order valence-electron chi connectivity index (χ4n) is 1.11. The third kappa shape index (κ3) is 4.40. The van der Waals surface area contributed by atoms with Gasteiger partial charge in [-0.15, -0.1) is 11.6 Å². The van der Waals surface area contributed by atoms with Crippen LogP contribution in [-0.2, 0) is 11.0 Å². The molecule has 1 rings (SSSR count). The topological polar surface area (TPSA) is 58.2 Å². The van der Waals surface area contributed by atoms with E-state index in [0.717, 1.165) is 0 Å². The molecule has 0 aliphatic heterocycles. The second kappa shape index (κ2) is 5.87. The molecule has 9 heteroatoms. The van der Waals surface area contributed by atoms with Crippen molar-refractivity contribution in [3.8, 4) is 0 Å².